The molecule has 2 rings (SSSR count). The quantitative estimate of drug-likeness (QED) is 0.897. The van der Waals surface area contributed by atoms with E-state index in [9.17, 15) is 4.79 Å². The topological polar surface area (TPSA) is 55.6 Å². The molecule has 18 heavy (non-hydrogen) atoms. The van der Waals surface area contributed by atoms with Crippen molar-refractivity contribution in [2.24, 2.45) is 5.73 Å². The number of hydrogen-bond donors (Lipinski definition) is 1. The van der Waals surface area contributed by atoms with Crippen molar-refractivity contribution in [3.05, 3.63) is 23.8 Å². The van der Waals surface area contributed by atoms with Crippen LogP contribution in [0.15, 0.2) is 23.1 Å². The molecule has 0 spiro atoms. The lowest BCUT2D eigenvalue weighted by atomic mass is 10.1. The van der Waals surface area contributed by atoms with Crippen LogP contribution in [0.25, 0.3) is 0 Å². The van der Waals surface area contributed by atoms with E-state index in [1.807, 2.05) is 6.92 Å². The first-order chi connectivity index (χ1) is 8.61. The molecule has 1 aromatic carbocycles. The predicted octanol–water partition coefficient (Wildman–Crippen LogP) is 1.48. The first kappa shape index (κ1) is 13.2. The number of thioether (sulfide) groups is 1. The molecule has 5 heteroatoms. The first-order valence-corrected chi connectivity index (χ1v) is 6.94. The van der Waals surface area contributed by atoms with Crippen LogP contribution in [-0.2, 0) is 11.2 Å². The van der Waals surface area contributed by atoms with E-state index in [2.05, 4.69) is 18.2 Å². The molecule has 0 aliphatic carbocycles. The average molecular weight is 266 g/mol. The number of benzene rings is 1. The van der Waals surface area contributed by atoms with Gasteiger partial charge in [0.15, 0.2) is 0 Å². The maximum absolute atomic E-state index is 11.5. The van der Waals surface area contributed by atoms with Crippen molar-refractivity contribution in [1.82, 2.24) is 4.90 Å². The standard InChI is InChI=1S/C13H18N2O2S/c1-9(15(2)13(16)7-14)5-10-3-4-12-11(6-10)17-8-18-12/h3-4,6,9H,5,7-8,14H2,1-2H3. The molecule has 1 amide bonds. The van der Waals surface area contributed by atoms with Crippen LogP contribution in [0, 0.1) is 0 Å². The summed E-state index contributed by atoms with van der Waals surface area (Å²) in [6.07, 6.45) is 0.809. The highest BCUT2D eigenvalue weighted by Crippen LogP contribution is 2.36. The third-order valence-electron chi connectivity index (χ3n) is 3.20. The third kappa shape index (κ3) is 2.79. The molecule has 0 saturated carbocycles. The van der Waals surface area contributed by atoms with Gasteiger partial charge < -0.3 is 15.4 Å². The van der Waals surface area contributed by atoms with Crippen molar-refractivity contribution >= 4 is 17.7 Å². The summed E-state index contributed by atoms with van der Waals surface area (Å²) in [6.45, 7) is 2.08. The Morgan fingerprint density at radius 2 is 2.39 bits per heavy atom. The normalized spacial score (nSPS) is 14.8. The molecule has 1 atom stereocenters. The van der Waals surface area contributed by atoms with Gasteiger partial charge in [-0.25, -0.2) is 0 Å². The molecule has 0 saturated heterocycles. The molecule has 0 radical (unpaired) electrons. The smallest absolute Gasteiger partial charge is 0.236 e. The Labute approximate surface area is 111 Å². The number of carbonyl (C=O) groups excluding carboxylic acids is 1. The van der Waals surface area contributed by atoms with E-state index in [4.69, 9.17) is 10.5 Å². The Morgan fingerprint density at radius 3 is 3.11 bits per heavy atom. The van der Waals surface area contributed by atoms with E-state index in [1.54, 1.807) is 23.7 Å². The molecule has 2 N–H and O–H groups in total. The molecule has 0 bridgehead atoms. The molecule has 1 aliphatic heterocycles. The molecule has 1 unspecified atom stereocenters. The van der Waals surface area contributed by atoms with Crippen LogP contribution in [-0.4, -0.2) is 36.4 Å². The van der Waals surface area contributed by atoms with Gasteiger partial charge in [-0.3, -0.25) is 4.79 Å². The van der Waals surface area contributed by atoms with Crippen LogP contribution in [0.1, 0.15) is 12.5 Å². The fourth-order valence-electron chi connectivity index (χ4n) is 1.94. The summed E-state index contributed by atoms with van der Waals surface area (Å²) in [6, 6.07) is 6.37. The number of hydrogen-bond acceptors (Lipinski definition) is 4. The Hall–Kier alpha value is -1.20. The molecule has 1 heterocycles. The predicted molar refractivity (Wildman–Crippen MR) is 72.8 cm³/mol. The molecule has 1 aliphatic rings. The minimum atomic E-state index is -0.0320. The molecule has 98 valence electrons. The van der Waals surface area contributed by atoms with E-state index in [0.29, 0.717) is 5.94 Å². The largest absolute Gasteiger partial charge is 0.481 e. The van der Waals surface area contributed by atoms with Gasteiger partial charge in [0.2, 0.25) is 5.91 Å². The summed E-state index contributed by atoms with van der Waals surface area (Å²) in [4.78, 5) is 14.4. The second kappa shape index (κ2) is 5.63. The van der Waals surface area contributed by atoms with E-state index in [1.165, 1.54) is 10.5 Å². The molecule has 0 fully saturated rings. The van der Waals surface area contributed by atoms with Gasteiger partial charge in [-0.05, 0) is 31.0 Å². The molecule has 0 aromatic heterocycles. The van der Waals surface area contributed by atoms with Crippen LogP contribution in [0.4, 0.5) is 0 Å². The Kier molecular flexibility index (Phi) is 4.14. The summed E-state index contributed by atoms with van der Waals surface area (Å²) in [5.74, 6) is 1.62. The summed E-state index contributed by atoms with van der Waals surface area (Å²) in [5.41, 5.74) is 6.54. The van der Waals surface area contributed by atoms with Gasteiger partial charge in [-0.2, -0.15) is 0 Å². The minimum Gasteiger partial charge on any atom is -0.481 e. The Balaban J connectivity index is 2.03. The van der Waals surface area contributed by atoms with E-state index in [0.717, 1.165) is 12.2 Å². The fraction of sp³-hybridized carbons (Fsp3) is 0.462. The Bertz CT molecular complexity index is 451. The third-order valence-corrected chi connectivity index (χ3v) is 4.08. The highest BCUT2D eigenvalue weighted by Gasteiger charge is 2.17. The number of carbonyl (C=O) groups is 1. The second-order valence-electron chi connectivity index (χ2n) is 4.45. The zero-order valence-corrected chi connectivity index (χ0v) is 11.5. The summed E-state index contributed by atoms with van der Waals surface area (Å²) < 4.78 is 5.51. The maximum atomic E-state index is 11.5. The maximum Gasteiger partial charge on any atom is 0.236 e. The van der Waals surface area contributed by atoms with Crippen molar-refractivity contribution in [2.45, 2.75) is 24.3 Å². The molecular formula is C13H18N2O2S. The number of fused-ring (bicyclic) bond motifs is 1. The average Bonchev–Trinajstić information content (AvgIpc) is 2.84. The van der Waals surface area contributed by atoms with Gasteiger partial charge in [-0.1, -0.05) is 17.8 Å². The number of nitrogens with two attached hydrogens (primary N) is 1. The van der Waals surface area contributed by atoms with E-state index in [-0.39, 0.29) is 18.5 Å². The number of rotatable bonds is 4. The van der Waals surface area contributed by atoms with Gasteiger partial charge in [0.25, 0.3) is 0 Å². The highest BCUT2D eigenvalue weighted by atomic mass is 32.2. The lowest BCUT2D eigenvalue weighted by Crippen LogP contribution is -2.40. The molecule has 4 nitrogen and oxygen atoms in total. The molecule has 1 aromatic rings. The van der Waals surface area contributed by atoms with Crippen LogP contribution < -0.4 is 10.5 Å². The van der Waals surface area contributed by atoms with Crippen molar-refractivity contribution in [3.63, 3.8) is 0 Å². The highest BCUT2D eigenvalue weighted by molar-refractivity contribution is 7.99. The number of nitrogens with zero attached hydrogens (tertiary/aromatic N) is 1. The van der Waals surface area contributed by atoms with Gasteiger partial charge in [-0.15, -0.1) is 0 Å². The van der Waals surface area contributed by atoms with E-state index < -0.39 is 0 Å². The van der Waals surface area contributed by atoms with Gasteiger partial charge in [0.05, 0.1) is 11.4 Å². The SMILES string of the molecule is CC(Cc1ccc2c(c1)OCS2)N(C)C(=O)CN. The summed E-state index contributed by atoms with van der Waals surface area (Å²) in [5, 5.41) is 0. The van der Waals surface area contributed by atoms with Gasteiger partial charge in [0.1, 0.15) is 11.7 Å². The monoisotopic (exact) mass is 266 g/mol. The van der Waals surface area contributed by atoms with Crippen LogP contribution in [0.3, 0.4) is 0 Å². The summed E-state index contributed by atoms with van der Waals surface area (Å²) >= 11 is 1.71. The zero-order chi connectivity index (χ0) is 13.1. The van der Waals surface area contributed by atoms with Crippen LogP contribution >= 0.6 is 11.8 Å². The lowest BCUT2D eigenvalue weighted by molar-refractivity contribution is -0.130. The van der Waals surface area contributed by atoms with Crippen molar-refractivity contribution in [2.75, 3.05) is 19.5 Å². The van der Waals surface area contributed by atoms with Crippen molar-refractivity contribution in [1.29, 1.82) is 0 Å². The van der Waals surface area contributed by atoms with Crippen molar-refractivity contribution < 1.29 is 9.53 Å². The van der Waals surface area contributed by atoms with Crippen molar-refractivity contribution in [3.8, 4) is 5.75 Å². The number of ether oxygens (including phenoxy) is 1. The Morgan fingerprint density at radius 1 is 1.61 bits per heavy atom. The number of amides is 1. The zero-order valence-electron chi connectivity index (χ0n) is 10.7. The summed E-state index contributed by atoms with van der Waals surface area (Å²) in [7, 11) is 1.79. The van der Waals surface area contributed by atoms with E-state index >= 15 is 0 Å². The van der Waals surface area contributed by atoms with Crippen LogP contribution in [0.2, 0.25) is 0 Å². The number of likely N-dealkylation sites (N-methyl/N-ethyl adjacent to an activating group) is 1. The molecular weight excluding hydrogens is 248 g/mol. The van der Waals surface area contributed by atoms with Gasteiger partial charge in [0, 0.05) is 13.1 Å². The fourth-order valence-corrected chi connectivity index (χ4v) is 2.67. The van der Waals surface area contributed by atoms with Gasteiger partial charge >= 0.3 is 0 Å². The minimum absolute atomic E-state index is 0.0320. The van der Waals surface area contributed by atoms with Crippen LogP contribution in [0.5, 0.6) is 5.75 Å². The second-order valence-corrected chi connectivity index (χ2v) is 5.41. The lowest BCUT2D eigenvalue weighted by Gasteiger charge is -2.24. The first-order valence-electron chi connectivity index (χ1n) is 5.96.